The zero-order valence-corrected chi connectivity index (χ0v) is 17.7. The number of para-hydroxylation sites is 1. The fourth-order valence-corrected chi connectivity index (χ4v) is 4.54. The normalized spacial score (nSPS) is 15.9. The van der Waals surface area contributed by atoms with Gasteiger partial charge in [0.05, 0.1) is 4.90 Å². The molecule has 0 fully saturated rings. The van der Waals surface area contributed by atoms with Crippen LogP contribution < -0.4 is 15.4 Å². The lowest BCUT2D eigenvalue weighted by Crippen LogP contribution is -2.38. The highest BCUT2D eigenvalue weighted by Crippen LogP contribution is 2.22. The van der Waals surface area contributed by atoms with E-state index < -0.39 is 27.9 Å². The molecule has 0 saturated carbocycles. The van der Waals surface area contributed by atoms with E-state index in [2.05, 4.69) is 20.3 Å². The Labute approximate surface area is 185 Å². The summed E-state index contributed by atoms with van der Waals surface area (Å²) in [6.07, 6.45) is 0. The highest BCUT2D eigenvalue weighted by Gasteiger charge is 2.30. The van der Waals surface area contributed by atoms with E-state index in [4.69, 9.17) is 0 Å². The molecule has 162 valence electrons. The number of aliphatic imine (C=N–C) groups is 1. The van der Waals surface area contributed by atoms with Crippen LogP contribution in [0.3, 0.4) is 0 Å². The lowest BCUT2D eigenvalue weighted by Gasteiger charge is -2.18. The first-order valence-electron chi connectivity index (χ1n) is 9.81. The first kappa shape index (κ1) is 21.3. The number of carbonyl (C=O) groups excluding carboxylic acids is 2. The third kappa shape index (κ3) is 4.68. The number of rotatable bonds is 6. The summed E-state index contributed by atoms with van der Waals surface area (Å²) in [5.74, 6) is -0.839. The lowest BCUT2D eigenvalue weighted by atomic mass is 10.1. The predicted molar refractivity (Wildman–Crippen MR) is 121 cm³/mol. The third-order valence-corrected chi connectivity index (χ3v) is 6.18. The number of hydrogen-bond donors (Lipinski definition) is 3. The smallest absolute Gasteiger partial charge is 0.263 e. The second-order valence-electron chi connectivity index (χ2n) is 7.03. The molecule has 1 heterocycles. The van der Waals surface area contributed by atoms with Crippen molar-refractivity contribution in [1.29, 1.82) is 0 Å². The fourth-order valence-electron chi connectivity index (χ4n) is 3.29. The van der Waals surface area contributed by atoms with Gasteiger partial charge in [0.25, 0.3) is 15.9 Å². The summed E-state index contributed by atoms with van der Waals surface area (Å²) in [4.78, 5) is 29.8. The Kier molecular flexibility index (Phi) is 6.00. The van der Waals surface area contributed by atoms with E-state index in [1.165, 1.54) is 6.07 Å². The van der Waals surface area contributed by atoms with Crippen LogP contribution in [-0.2, 0) is 19.6 Å². The van der Waals surface area contributed by atoms with Crippen LogP contribution in [-0.4, -0.2) is 32.6 Å². The summed E-state index contributed by atoms with van der Waals surface area (Å²) in [5.41, 5.74) is 1.61. The topological polar surface area (TPSA) is 117 Å². The molecule has 3 aromatic carbocycles. The molecule has 0 aliphatic carbocycles. The van der Waals surface area contributed by atoms with Crippen LogP contribution in [0.25, 0.3) is 0 Å². The third-order valence-electron chi connectivity index (χ3n) is 4.79. The van der Waals surface area contributed by atoms with Gasteiger partial charge in [0.1, 0.15) is 18.4 Å². The maximum atomic E-state index is 12.9. The molecule has 4 rings (SSSR count). The van der Waals surface area contributed by atoms with Crippen LogP contribution >= 0.6 is 0 Å². The van der Waals surface area contributed by atoms with Crippen LogP contribution in [0.2, 0.25) is 0 Å². The van der Waals surface area contributed by atoms with Gasteiger partial charge in [-0.1, -0.05) is 60.7 Å². The van der Waals surface area contributed by atoms with Crippen LogP contribution in [0.5, 0.6) is 0 Å². The predicted octanol–water partition coefficient (Wildman–Crippen LogP) is 2.22. The highest BCUT2D eigenvalue weighted by molar-refractivity contribution is 7.90. The molecular weight excluding hydrogens is 428 g/mol. The van der Waals surface area contributed by atoms with Gasteiger partial charge in [-0.25, -0.2) is 8.42 Å². The Balaban J connectivity index is 1.51. The van der Waals surface area contributed by atoms with Gasteiger partial charge in [-0.05, 0) is 29.8 Å². The standard InChI is InChI=1S/C23H20N4O4S/c28-20(15-24-22-18-13-7-8-14-19(18)32(30,31)27-22)26-21(16-9-3-1-4-10-16)23(29)25-17-11-5-2-6-12-17/h1-14,21H,15H2,(H,24,27)(H,25,29)(H,26,28). The number of hydrogen-bond acceptors (Lipinski definition) is 5. The minimum absolute atomic E-state index is 0.0979. The van der Waals surface area contributed by atoms with E-state index >= 15 is 0 Å². The number of amides is 2. The number of benzene rings is 3. The van der Waals surface area contributed by atoms with Crippen molar-refractivity contribution < 1.29 is 18.0 Å². The maximum absolute atomic E-state index is 12.9. The van der Waals surface area contributed by atoms with Crippen LogP contribution in [0.4, 0.5) is 5.69 Å². The molecule has 1 aliphatic rings. The molecule has 8 nitrogen and oxygen atoms in total. The molecule has 1 aliphatic heterocycles. The SMILES string of the molecule is O=C(CN=C1NS(=O)(=O)c2ccccc21)NC(C(=O)Nc1ccccc1)c1ccccc1. The van der Waals surface area contributed by atoms with E-state index in [0.717, 1.165) is 0 Å². The number of sulfonamides is 1. The summed E-state index contributed by atoms with van der Waals surface area (Å²) in [7, 11) is -3.69. The van der Waals surface area contributed by atoms with Gasteiger partial charge < -0.3 is 10.6 Å². The monoisotopic (exact) mass is 448 g/mol. The first-order valence-corrected chi connectivity index (χ1v) is 11.3. The Morgan fingerprint density at radius 3 is 2.22 bits per heavy atom. The Bertz CT molecular complexity index is 1280. The molecule has 1 unspecified atom stereocenters. The van der Waals surface area contributed by atoms with Crippen molar-refractivity contribution in [2.45, 2.75) is 10.9 Å². The minimum Gasteiger partial charge on any atom is -0.339 e. The number of amidine groups is 1. The molecule has 0 aromatic heterocycles. The van der Waals surface area contributed by atoms with Crippen molar-refractivity contribution in [3.8, 4) is 0 Å². The molecule has 3 N–H and O–H groups in total. The van der Waals surface area contributed by atoms with Gasteiger partial charge in [0.2, 0.25) is 5.91 Å². The molecule has 1 atom stereocenters. The van der Waals surface area contributed by atoms with Gasteiger partial charge in [-0.2, -0.15) is 0 Å². The second kappa shape index (κ2) is 9.03. The Hall–Kier alpha value is -3.98. The van der Waals surface area contributed by atoms with Crippen LogP contribution in [0.1, 0.15) is 17.2 Å². The molecule has 0 spiro atoms. The van der Waals surface area contributed by atoms with Crippen molar-refractivity contribution in [2.24, 2.45) is 4.99 Å². The summed E-state index contributed by atoms with van der Waals surface area (Å²) < 4.78 is 26.7. The largest absolute Gasteiger partial charge is 0.339 e. The Morgan fingerprint density at radius 2 is 1.50 bits per heavy atom. The molecule has 2 amide bonds. The lowest BCUT2D eigenvalue weighted by molar-refractivity contribution is -0.125. The highest BCUT2D eigenvalue weighted by atomic mass is 32.2. The summed E-state index contributed by atoms with van der Waals surface area (Å²) >= 11 is 0. The zero-order chi connectivity index (χ0) is 22.6. The van der Waals surface area contributed by atoms with Crippen molar-refractivity contribution in [3.63, 3.8) is 0 Å². The molecule has 3 aromatic rings. The van der Waals surface area contributed by atoms with Crippen LogP contribution in [0.15, 0.2) is 94.8 Å². The van der Waals surface area contributed by atoms with Crippen LogP contribution in [0, 0.1) is 0 Å². The van der Waals surface area contributed by atoms with E-state index in [0.29, 0.717) is 16.8 Å². The summed E-state index contributed by atoms with van der Waals surface area (Å²) in [6.45, 7) is -0.353. The van der Waals surface area contributed by atoms with Gasteiger partial charge in [0.15, 0.2) is 0 Å². The molecule has 0 saturated heterocycles. The van der Waals surface area contributed by atoms with Gasteiger partial charge in [0, 0.05) is 11.3 Å². The first-order chi connectivity index (χ1) is 15.4. The van der Waals surface area contributed by atoms with E-state index in [1.807, 2.05) is 12.1 Å². The fraction of sp³-hybridized carbons (Fsp3) is 0.0870. The van der Waals surface area contributed by atoms with Gasteiger partial charge >= 0.3 is 0 Å². The molecule has 9 heteroatoms. The van der Waals surface area contributed by atoms with Gasteiger partial charge in [-0.15, -0.1) is 0 Å². The quantitative estimate of drug-likeness (QED) is 0.536. The van der Waals surface area contributed by atoms with E-state index in [-0.39, 0.29) is 17.3 Å². The van der Waals surface area contributed by atoms with Crippen molar-refractivity contribution in [2.75, 3.05) is 11.9 Å². The zero-order valence-electron chi connectivity index (χ0n) is 16.9. The minimum atomic E-state index is -3.69. The average Bonchev–Trinajstić information content (AvgIpc) is 3.07. The van der Waals surface area contributed by atoms with Crippen molar-refractivity contribution in [1.82, 2.24) is 10.0 Å². The molecule has 0 radical (unpaired) electrons. The molecular formula is C23H20N4O4S. The summed E-state index contributed by atoms with van der Waals surface area (Å²) in [5, 5.41) is 5.47. The number of nitrogens with one attached hydrogen (secondary N) is 3. The summed E-state index contributed by atoms with van der Waals surface area (Å²) in [6, 6.07) is 23.2. The Morgan fingerprint density at radius 1 is 0.875 bits per heavy atom. The van der Waals surface area contributed by atoms with Crippen molar-refractivity contribution >= 4 is 33.4 Å². The van der Waals surface area contributed by atoms with Crippen molar-refractivity contribution in [3.05, 3.63) is 96.1 Å². The number of carbonyl (C=O) groups is 2. The number of anilines is 1. The maximum Gasteiger partial charge on any atom is 0.263 e. The average molecular weight is 449 g/mol. The number of nitrogens with zero attached hydrogens (tertiary/aromatic N) is 1. The van der Waals surface area contributed by atoms with E-state index in [9.17, 15) is 18.0 Å². The molecule has 32 heavy (non-hydrogen) atoms. The molecule has 0 bridgehead atoms. The second-order valence-corrected chi connectivity index (χ2v) is 8.68. The van der Waals surface area contributed by atoms with Gasteiger partial charge in [-0.3, -0.25) is 19.3 Å². The number of fused-ring (bicyclic) bond motifs is 1. The van der Waals surface area contributed by atoms with E-state index in [1.54, 1.807) is 66.7 Å².